The maximum absolute atomic E-state index is 9.76. The van der Waals surface area contributed by atoms with E-state index in [2.05, 4.69) is 69.6 Å². The molecule has 2 aromatic carbocycles. The van der Waals surface area contributed by atoms with Gasteiger partial charge in [0.05, 0.1) is 23.0 Å². The quantitative estimate of drug-likeness (QED) is 0.334. The first-order chi connectivity index (χ1) is 17.0. The minimum absolute atomic E-state index is 0.133. The highest BCUT2D eigenvalue weighted by molar-refractivity contribution is 6.33. The van der Waals surface area contributed by atoms with Crippen LogP contribution in [0.4, 0.5) is 5.95 Å². The van der Waals surface area contributed by atoms with E-state index in [1.54, 1.807) is 6.20 Å². The number of hydrogen-bond donors (Lipinski definition) is 3. The summed E-state index contributed by atoms with van der Waals surface area (Å²) in [5.41, 5.74) is 6.71. The number of aromatic amines is 1. The van der Waals surface area contributed by atoms with Crippen LogP contribution in [-0.2, 0) is 6.54 Å². The summed E-state index contributed by atoms with van der Waals surface area (Å²) in [6.45, 7) is 4.95. The molecule has 3 heterocycles. The Morgan fingerprint density at radius 3 is 2.89 bits per heavy atom. The minimum Gasteiger partial charge on any atom is -0.393 e. The van der Waals surface area contributed by atoms with E-state index in [1.807, 2.05) is 6.20 Å². The lowest BCUT2D eigenvalue weighted by Gasteiger charge is -2.29. The van der Waals surface area contributed by atoms with Gasteiger partial charge in [0.2, 0.25) is 5.95 Å². The number of H-pyrrole nitrogens is 1. The van der Waals surface area contributed by atoms with Crippen molar-refractivity contribution < 1.29 is 5.11 Å². The first-order valence-corrected chi connectivity index (χ1v) is 12.8. The molecule has 0 amide bonds. The van der Waals surface area contributed by atoms with Gasteiger partial charge in [-0.25, -0.2) is 9.97 Å². The third-order valence-electron chi connectivity index (χ3n) is 7.28. The summed E-state index contributed by atoms with van der Waals surface area (Å²) in [6, 6.07) is 15.6. The van der Waals surface area contributed by atoms with E-state index in [-0.39, 0.29) is 6.10 Å². The fraction of sp³-hybridized carbons (Fsp3) is 0.357. The average Bonchev–Trinajstić information content (AvgIpc) is 3.50. The number of piperidine rings is 1. The van der Waals surface area contributed by atoms with Crippen molar-refractivity contribution in [1.82, 2.24) is 19.9 Å². The number of aliphatic hydroxyl groups is 1. The topological polar surface area (TPSA) is 77.1 Å². The molecule has 2 fully saturated rings. The number of likely N-dealkylation sites (tertiary alicyclic amines) is 1. The molecule has 1 saturated heterocycles. The second kappa shape index (κ2) is 9.26. The molecular weight excluding hydrogens is 458 g/mol. The highest BCUT2D eigenvalue weighted by Gasteiger charge is 2.39. The van der Waals surface area contributed by atoms with Crippen LogP contribution in [0.1, 0.15) is 41.9 Å². The van der Waals surface area contributed by atoms with E-state index >= 15 is 0 Å². The number of aromatic nitrogens is 3. The number of halogens is 1. The van der Waals surface area contributed by atoms with Gasteiger partial charge in [-0.2, -0.15) is 0 Å². The van der Waals surface area contributed by atoms with Crippen molar-refractivity contribution in [2.75, 3.05) is 18.4 Å². The molecule has 2 aliphatic rings. The van der Waals surface area contributed by atoms with Gasteiger partial charge in [0.1, 0.15) is 0 Å². The van der Waals surface area contributed by atoms with Gasteiger partial charge in [0.15, 0.2) is 0 Å². The number of benzene rings is 2. The Labute approximate surface area is 210 Å². The van der Waals surface area contributed by atoms with Crippen molar-refractivity contribution in [2.24, 2.45) is 0 Å². The third kappa shape index (κ3) is 4.79. The summed E-state index contributed by atoms with van der Waals surface area (Å²) in [6.07, 6.45) is 6.33. The van der Waals surface area contributed by atoms with Crippen molar-refractivity contribution >= 4 is 28.5 Å². The van der Waals surface area contributed by atoms with Gasteiger partial charge >= 0.3 is 0 Å². The molecule has 35 heavy (non-hydrogen) atoms. The Kier molecular flexibility index (Phi) is 5.96. The molecule has 2 atom stereocenters. The van der Waals surface area contributed by atoms with Crippen molar-refractivity contribution in [3.8, 4) is 11.3 Å². The van der Waals surface area contributed by atoms with Crippen LogP contribution >= 0.6 is 11.6 Å². The molecule has 3 N–H and O–H groups in total. The fourth-order valence-electron chi connectivity index (χ4n) is 5.21. The lowest BCUT2D eigenvalue weighted by atomic mass is 10.0. The molecule has 4 aromatic rings. The first kappa shape index (κ1) is 22.5. The van der Waals surface area contributed by atoms with Crippen LogP contribution < -0.4 is 5.32 Å². The maximum atomic E-state index is 9.76. The molecule has 6 rings (SSSR count). The maximum Gasteiger partial charge on any atom is 0.223 e. The SMILES string of the molecule is Cc1ccc2c(-c3nc(NC4CC4c4cccc(CN5CCC(O)CC5)c4)ncc3Cl)c[nH]c2c1. The van der Waals surface area contributed by atoms with E-state index in [1.165, 1.54) is 16.7 Å². The van der Waals surface area contributed by atoms with Crippen LogP contribution in [-0.4, -0.2) is 50.2 Å². The Bertz CT molecular complexity index is 1360. The van der Waals surface area contributed by atoms with Crippen molar-refractivity contribution in [3.63, 3.8) is 0 Å². The number of hydrogen-bond acceptors (Lipinski definition) is 5. The number of rotatable bonds is 6. The van der Waals surface area contributed by atoms with Gasteiger partial charge < -0.3 is 15.4 Å². The zero-order valence-corrected chi connectivity index (χ0v) is 20.6. The molecular formula is C28H30ClN5O. The van der Waals surface area contributed by atoms with Crippen LogP contribution in [0.25, 0.3) is 22.2 Å². The van der Waals surface area contributed by atoms with Crippen molar-refractivity contribution in [1.29, 1.82) is 0 Å². The Hall–Kier alpha value is -2.93. The summed E-state index contributed by atoms with van der Waals surface area (Å²) in [5.74, 6) is 1.07. The van der Waals surface area contributed by atoms with Crippen LogP contribution in [0.5, 0.6) is 0 Å². The number of fused-ring (bicyclic) bond motifs is 1. The van der Waals surface area contributed by atoms with E-state index in [4.69, 9.17) is 16.6 Å². The third-order valence-corrected chi connectivity index (χ3v) is 7.56. The summed E-state index contributed by atoms with van der Waals surface area (Å²) in [5, 5.41) is 14.9. The zero-order chi connectivity index (χ0) is 23.9. The van der Waals surface area contributed by atoms with E-state index < -0.39 is 0 Å². The first-order valence-electron chi connectivity index (χ1n) is 12.4. The standard InChI is InChI=1S/C28H30ClN5O/c1-17-5-6-21-23(14-30-25(21)11-17)27-24(29)15-31-28(33-27)32-26-13-22(26)19-4-2-3-18(12-19)16-34-9-7-20(35)8-10-34/h2-6,11-12,14-15,20,22,26,30,35H,7-10,13,16H2,1H3,(H,31,32,33). The lowest BCUT2D eigenvalue weighted by molar-refractivity contribution is 0.0792. The molecule has 180 valence electrons. The Morgan fingerprint density at radius 1 is 1.17 bits per heavy atom. The molecule has 6 nitrogen and oxygen atoms in total. The second-order valence-corrected chi connectivity index (χ2v) is 10.4. The van der Waals surface area contributed by atoms with Crippen LogP contribution in [0.15, 0.2) is 54.9 Å². The van der Waals surface area contributed by atoms with Gasteiger partial charge in [-0.3, -0.25) is 4.90 Å². The number of aryl methyl sites for hydroxylation is 1. The summed E-state index contributed by atoms with van der Waals surface area (Å²) in [7, 11) is 0. The molecule has 2 aromatic heterocycles. The van der Waals surface area contributed by atoms with Crippen molar-refractivity contribution in [2.45, 2.75) is 50.8 Å². The summed E-state index contributed by atoms with van der Waals surface area (Å²) < 4.78 is 0. The molecule has 0 radical (unpaired) electrons. The Balaban J connectivity index is 1.15. The normalized spacial score (nSPS) is 20.9. The molecule has 1 aliphatic carbocycles. The molecule has 7 heteroatoms. The minimum atomic E-state index is -0.133. The van der Waals surface area contributed by atoms with E-state index in [0.29, 0.717) is 22.9 Å². The number of nitrogens with one attached hydrogen (secondary N) is 2. The zero-order valence-electron chi connectivity index (χ0n) is 19.8. The van der Waals surface area contributed by atoms with E-state index in [0.717, 1.165) is 61.1 Å². The predicted molar refractivity (Wildman–Crippen MR) is 141 cm³/mol. The highest BCUT2D eigenvalue weighted by Crippen LogP contribution is 2.43. The monoisotopic (exact) mass is 487 g/mol. The van der Waals surface area contributed by atoms with Gasteiger partial charge in [0.25, 0.3) is 0 Å². The second-order valence-electron chi connectivity index (χ2n) is 9.99. The summed E-state index contributed by atoms with van der Waals surface area (Å²) >= 11 is 6.52. The Morgan fingerprint density at radius 2 is 2.03 bits per heavy atom. The number of anilines is 1. The van der Waals surface area contributed by atoms with Crippen LogP contribution in [0, 0.1) is 6.92 Å². The van der Waals surface area contributed by atoms with Crippen LogP contribution in [0.2, 0.25) is 5.02 Å². The smallest absolute Gasteiger partial charge is 0.223 e. The van der Waals surface area contributed by atoms with Gasteiger partial charge in [0, 0.05) is 54.3 Å². The van der Waals surface area contributed by atoms with Gasteiger partial charge in [-0.1, -0.05) is 48.0 Å². The van der Waals surface area contributed by atoms with Crippen molar-refractivity contribution in [3.05, 3.63) is 76.6 Å². The highest BCUT2D eigenvalue weighted by atomic mass is 35.5. The molecule has 2 unspecified atom stereocenters. The number of aliphatic hydroxyl groups excluding tert-OH is 1. The molecule has 0 bridgehead atoms. The van der Waals surface area contributed by atoms with Crippen LogP contribution in [0.3, 0.4) is 0 Å². The fourth-order valence-corrected chi connectivity index (χ4v) is 5.40. The average molecular weight is 488 g/mol. The largest absolute Gasteiger partial charge is 0.393 e. The van der Waals surface area contributed by atoms with E-state index in [9.17, 15) is 5.11 Å². The van der Waals surface area contributed by atoms with Gasteiger partial charge in [-0.15, -0.1) is 0 Å². The van der Waals surface area contributed by atoms with Gasteiger partial charge in [-0.05, 0) is 48.9 Å². The summed E-state index contributed by atoms with van der Waals surface area (Å²) in [4.78, 5) is 15.0. The molecule has 1 aliphatic heterocycles. The predicted octanol–water partition coefficient (Wildman–Crippen LogP) is 5.51. The number of nitrogens with zero attached hydrogens (tertiary/aromatic N) is 3. The lowest BCUT2D eigenvalue weighted by Crippen LogP contribution is -2.35. The molecule has 1 saturated carbocycles. The molecule has 0 spiro atoms.